The third-order valence-electron chi connectivity index (χ3n) is 0. The van der Waals surface area contributed by atoms with Crippen LogP contribution in [-0.4, -0.2) is 44.8 Å². The van der Waals surface area contributed by atoms with Crippen LogP contribution in [0.15, 0.2) is 0 Å². The van der Waals surface area contributed by atoms with Crippen LogP contribution in [0.5, 0.6) is 0 Å². The molecule has 0 bridgehead atoms. The number of rotatable bonds is 0. The van der Waals surface area contributed by atoms with Crippen molar-refractivity contribution in [3.63, 3.8) is 0 Å². The van der Waals surface area contributed by atoms with Crippen molar-refractivity contribution >= 4 is 37.7 Å². The molecule has 0 aromatic rings. The van der Waals surface area contributed by atoms with Crippen LogP contribution in [-0.2, 0) is 10.4 Å². The van der Waals surface area contributed by atoms with E-state index in [-0.39, 0.29) is 28.7 Å². The standard InChI is InChI=1S/H2O4S.Pb.2H/c1-5(2,3)4;;;/h(H2,1,2,3,4);;;/q;+2;;/p-1. The van der Waals surface area contributed by atoms with Crippen LogP contribution in [0.25, 0.3) is 0 Å². The van der Waals surface area contributed by atoms with Crippen molar-refractivity contribution < 1.29 is 18.9 Å². The Kier molecular flexibility index (Phi) is 4.77. The Morgan fingerprint density at radius 3 is 1.33 bits per heavy atom. The third-order valence-corrected chi connectivity index (χ3v) is 0. The van der Waals surface area contributed by atoms with Gasteiger partial charge in [-0.15, -0.1) is 0 Å². The summed E-state index contributed by atoms with van der Waals surface area (Å²) in [6, 6.07) is 0. The maximum atomic E-state index is 8.52. The Bertz CT molecular complexity index is 94.9. The fourth-order valence-corrected chi connectivity index (χ4v) is 0. The molecule has 0 unspecified atom stereocenters. The molecule has 0 aliphatic rings. The van der Waals surface area contributed by atoms with Crippen molar-refractivity contribution in [3.05, 3.63) is 0 Å². The summed E-state index contributed by atoms with van der Waals surface area (Å²) in [7, 11) is -5.17. The average Bonchev–Trinajstić information content (AvgIpc) is 0.722. The Morgan fingerprint density at radius 2 is 1.33 bits per heavy atom. The molecule has 0 aliphatic carbocycles. The van der Waals surface area contributed by atoms with Gasteiger partial charge in [0.05, 0.1) is 0 Å². The van der Waals surface area contributed by atoms with E-state index in [1.165, 1.54) is 0 Å². The Balaban J connectivity index is -0.0000000800. The van der Waals surface area contributed by atoms with Gasteiger partial charge in [-0.05, 0) is 0 Å². The molecule has 0 radical (unpaired) electrons. The molecule has 6 heavy (non-hydrogen) atoms. The zero-order valence-corrected chi connectivity index (χ0v) is 9.06. The third kappa shape index (κ3) is 110. The predicted octanol–water partition coefficient (Wildman–Crippen LogP) is -2.14. The molecule has 0 rings (SSSR count). The Labute approximate surface area is 56.8 Å². The van der Waals surface area contributed by atoms with Crippen LogP contribution in [0.2, 0.25) is 0 Å². The van der Waals surface area contributed by atoms with Crippen LogP contribution in [0.4, 0.5) is 0 Å². The molecule has 0 aromatic heterocycles. The summed E-state index contributed by atoms with van der Waals surface area (Å²) < 4.78 is 34.1. The molecule has 0 saturated carbocycles. The molecule has 0 aromatic carbocycles. The normalized spacial score (nSPS) is 9.67. The summed E-state index contributed by atoms with van der Waals surface area (Å²) in [6.07, 6.45) is 0. The van der Waals surface area contributed by atoms with Crippen molar-refractivity contribution in [3.8, 4) is 0 Å². The molecule has 0 heterocycles. The quantitative estimate of drug-likeness (QED) is 0.291. The van der Waals surface area contributed by atoms with Gasteiger partial charge in [-0.1, -0.05) is 0 Å². The van der Waals surface area contributed by atoms with E-state index < -0.39 is 10.4 Å². The van der Waals surface area contributed by atoms with Gasteiger partial charge in [0, 0.05) is 10.4 Å². The molecule has 0 atom stereocenters. The minimum atomic E-state index is -5.17. The van der Waals surface area contributed by atoms with Gasteiger partial charge in [-0.2, -0.15) is 0 Å². The Hall–Kier alpha value is 0.792. The molecule has 6 heteroatoms. The van der Waals surface area contributed by atoms with Crippen molar-refractivity contribution in [1.29, 1.82) is 0 Å². The summed E-state index contributed by atoms with van der Waals surface area (Å²) in [6.45, 7) is 0. The maximum absolute atomic E-state index is 8.52. The van der Waals surface area contributed by atoms with E-state index >= 15 is 0 Å². The second-order valence-corrected chi connectivity index (χ2v) is 1.22. The van der Waals surface area contributed by atoms with Gasteiger partial charge >= 0.3 is 28.7 Å². The molecular weight excluding hydrogens is 303 g/mol. The molecule has 0 saturated heterocycles. The molecule has 4 nitrogen and oxygen atoms in total. The van der Waals surface area contributed by atoms with Gasteiger partial charge in [-0.3, -0.25) is 8.42 Å². The van der Waals surface area contributed by atoms with E-state index in [0.717, 1.165) is 0 Å². The van der Waals surface area contributed by atoms with Gasteiger partial charge in [0.15, 0.2) is 0 Å². The van der Waals surface area contributed by atoms with E-state index in [9.17, 15) is 0 Å². The van der Waals surface area contributed by atoms with Crippen molar-refractivity contribution in [2.45, 2.75) is 0 Å². The van der Waals surface area contributed by atoms with E-state index in [1.54, 1.807) is 0 Å². The van der Waals surface area contributed by atoms with Crippen molar-refractivity contribution in [2.75, 3.05) is 0 Å². The molecule has 0 fully saturated rings. The summed E-state index contributed by atoms with van der Waals surface area (Å²) >= 11 is 0. The van der Waals surface area contributed by atoms with Gasteiger partial charge in [0.2, 0.25) is 0 Å². The molecule has 0 aliphatic heterocycles. The van der Waals surface area contributed by atoms with Crippen molar-refractivity contribution in [1.82, 2.24) is 0 Å². The Morgan fingerprint density at radius 1 is 1.33 bits per heavy atom. The first kappa shape index (κ1) is 9.92. The molecule has 36 valence electrons. The second kappa shape index (κ2) is 2.88. The fraction of sp³-hybridized carbons (Fsp3) is 0. The SMILES string of the molecule is O=S(=O)([O-])[O-].[H+].[PbH2+2]. The van der Waals surface area contributed by atoms with E-state index in [2.05, 4.69) is 0 Å². The summed E-state index contributed by atoms with van der Waals surface area (Å²) in [5.74, 6) is 0. The fourth-order valence-electron chi connectivity index (χ4n) is 0. The van der Waals surface area contributed by atoms with Crippen LogP contribution in [0.1, 0.15) is 1.43 Å². The van der Waals surface area contributed by atoms with Gasteiger partial charge in [0.25, 0.3) is 0 Å². The average molecular weight is 306 g/mol. The van der Waals surface area contributed by atoms with E-state index in [1.807, 2.05) is 0 Å². The topological polar surface area (TPSA) is 80.3 Å². The zero-order valence-electron chi connectivity index (χ0n) is 3.75. The number of hydrogen-bond donors (Lipinski definition) is 0. The van der Waals surface area contributed by atoms with Crippen LogP contribution in [0.3, 0.4) is 0 Å². The predicted molar refractivity (Wildman–Crippen MR) is 20.1 cm³/mol. The van der Waals surface area contributed by atoms with Crippen molar-refractivity contribution in [2.24, 2.45) is 0 Å². The molecule has 0 amide bonds. The summed E-state index contributed by atoms with van der Waals surface area (Å²) in [5, 5.41) is 0. The minimum absolute atomic E-state index is 0. The first-order valence-corrected chi connectivity index (χ1v) is 2.00. The van der Waals surface area contributed by atoms with Gasteiger partial charge in [0.1, 0.15) is 0 Å². The summed E-state index contributed by atoms with van der Waals surface area (Å²) in [4.78, 5) is 0. The van der Waals surface area contributed by atoms with Gasteiger partial charge < -0.3 is 9.11 Å². The summed E-state index contributed by atoms with van der Waals surface area (Å²) in [5.41, 5.74) is 0. The molecular formula is H3O4PbS+. The first-order chi connectivity index (χ1) is 2.00. The van der Waals surface area contributed by atoms with Gasteiger partial charge in [-0.25, -0.2) is 0 Å². The zero-order chi connectivity index (χ0) is 4.50. The number of hydrogen-bond acceptors (Lipinski definition) is 4. The first-order valence-electron chi connectivity index (χ1n) is 0.667. The molecule has 0 N–H and O–H groups in total. The van der Waals surface area contributed by atoms with Crippen LogP contribution < -0.4 is 0 Å². The second-order valence-electron chi connectivity index (χ2n) is 0.408. The molecule has 0 spiro atoms. The monoisotopic (exact) mass is 307 g/mol. The van der Waals surface area contributed by atoms with Crippen LogP contribution >= 0.6 is 0 Å². The van der Waals surface area contributed by atoms with E-state index in [4.69, 9.17) is 17.5 Å². The van der Waals surface area contributed by atoms with E-state index in [0.29, 0.717) is 0 Å². The van der Waals surface area contributed by atoms with Crippen LogP contribution in [0, 0.1) is 0 Å².